The molecule has 0 spiro atoms. The zero-order valence-electron chi connectivity index (χ0n) is 22.4. The second kappa shape index (κ2) is 9.01. The average Bonchev–Trinajstić information content (AvgIpc) is 2.92. The Hall–Kier alpha value is -1.37. The number of carbonyl (C=O) groups is 1. The summed E-state index contributed by atoms with van der Waals surface area (Å²) < 4.78 is 25.5. The molecule has 5 atom stereocenters. The molecule has 0 aromatic heterocycles. The fraction of sp³-hybridized carbons (Fsp3) is 0.741. The van der Waals surface area contributed by atoms with Gasteiger partial charge in [-0.05, 0) is 84.3 Å². The molecule has 0 bridgehead atoms. The predicted octanol–water partition coefficient (Wildman–Crippen LogP) is 5.37. The van der Waals surface area contributed by atoms with Crippen molar-refractivity contribution in [2.75, 3.05) is 0 Å². The molecule has 5 nitrogen and oxygen atoms in total. The van der Waals surface area contributed by atoms with Crippen LogP contribution < -0.4 is 5.46 Å². The Bertz CT molecular complexity index is 856. The highest BCUT2D eigenvalue weighted by Crippen LogP contribution is 2.43. The van der Waals surface area contributed by atoms with Crippen LogP contribution in [0, 0.1) is 24.2 Å². The third-order valence-electron chi connectivity index (χ3n) is 8.04. The molecule has 0 saturated carbocycles. The summed E-state index contributed by atoms with van der Waals surface area (Å²) in [7, 11) is -0.451. The molecule has 2 heterocycles. The summed E-state index contributed by atoms with van der Waals surface area (Å²) in [6.07, 6.45) is 0.323. The highest BCUT2D eigenvalue weighted by Gasteiger charge is 2.52. The number of carbonyl (C=O) groups excluding carboxylic acids is 1. The van der Waals surface area contributed by atoms with E-state index < -0.39 is 23.7 Å². The van der Waals surface area contributed by atoms with Crippen LogP contribution in [-0.2, 0) is 23.6 Å². The number of hydrogen-bond acceptors (Lipinski definition) is 5. The second-order valence-electron chi connectivity index (χ2n) is 12.0. The lowest BCUT2D eigenvalue weighted by Crippen LogP contribution is -2.48. The van der Waals surface area contributed by atoms with Gasteiger partial charge in [-0.15, -0.1) is 0 Å². The van der Waals surface area contributed by atoms with Gasteiger partial charge < -0.3 is 18.8 Å². The van der Waals surface area contributed by atoms with Gasteiger partial charge in [-0.2, -0.15) is 0 Å². The Kier molecular flexibility index (Phi) is 7.17. The number of ether oxygens (including phenoxy) is 2. The van der Waals surface area contributed by atoms with E-state index in [1.165, 1.54) is 0 Å². The molecule has 0 radical (unpaired) electrons. The Morgan fingerprint density at radius 2 is 1.64 bits per heavy atom. The van der Waals surface area contributed by atoms with Crippen LogP contribution in [0.25, 0.3) is 0 Å². The van der Waals surface area contributed by atoms with Gasteiger partial charge in [0.1, 0.15) is 12.2 Å². The standard InChI is InChI=1S/C27H43BO5/c1-12-21-16(2)17(3)22(31-24(29)25(5,6)7)23(30-21)19-14-13-15-20(18(19)4)28-32-26(8,9)27(10,11)33-28/h13-17,21-23H,12H2,1-11H3/t16-,17-,21+,22-,23+/m0/s1. The molecule has 0 aliphatic carbocycles. The summed E-state index contributed by atoms with van der Waals surface area (Å²) >= 11 is 0. The van der Waals surface area contributed by atoms with Gasteiger partial charge >= 0.3 is 13.1 Å². The Morgan fingerprint density at radius 3 is 2.15 bits per heavy atom. The fourth-order valence-corrected chi connectivity index (χ4v) is 4.70. The largest absolute Gasteiger partial charge is 0.495 e. The van der Waals surface area contributed by atoms with Crippen LogP contribution in [0.2, 0.25) is 0 Å². The van der Waals surface area contributed by atoms with Gasteiger partial charge in [0, 0.05) is 5.92 Å². The summed E-state index contributed by atoms with van der Waals surface area (Å²) in [5.41, 5.74) is 1.69. The van der Waals surface area contributed by atoms with Crippen molar-refractivity contribution in [3.8, 4) is 0 Å². The summed E-state index contributed by atoms with van der Waals surface area (Å²) in [6.45, 7) is 22.5. The highest BCUT2D eigenvalue weighted by atomic mass is 16.7. The fourth-order valence-electron chi connectivity index (χ4n) is 4.70. The van der Waals surface area contributed by atoms with Gasteiger partial charge in [0.2, 0.25) is 0 Å². The Morgan fingerprint density at radius 1 is 1.06 bits per heavy atom. The monoisotopic (exact) mass is 458 g/mol. The van der Waals surface area contributed by atoms with Gasteiger partial charge in [0.25, 0.3) is 0 Å². The van der Waals surface area contributed by atoms with Gasteiger partial charge in [0.15, 0.2) is 0 Å². The summed E-state index contributed by atoms with van der Waals surface area (Å²) in [4.78, 5) is 12.9. The number of esters is 1. The number of hydrogen-bond donors (Lipinski definition) is 0. The van der Waals surface area contributed by atoms with Gasteiger partial charge in [0.05, 0.1) is 22.7 Å². The van der Waals surface area contributed by atoms with Crippen molar-refractivity contribution >= 4 is 18.6 Å². The van der Waals surface area contributed by atoms with E-state index in [1.807, 2.05) is 26.8 Å². The lowest BCUT2D eigenvalue weighted by molar-refractivity contribution is -0.204. The highest BCUT2D eigenvalue weighted by molar-refractivity contribution is 6.62. The lowest BCUT2D eigenvalue weighted by Gasteiger charge is -2.45. The van der Waals surface area contributed by atoms with E-state index in [1.54, 1.807) is 0 Å². The summed E-state index contributed by atoms with van der Waals surface area (Å²) in [6, 6.07) is 6.17. The van der Waals surface area contributed by atoms with E-state index in [0.29, 0.717) is 0 Å². The number of benzene rings is 1. The molecule has 2 aliphatic rings. The summed E-state index contributed by atoms with van der Waals surface area (Å²) in [5.74, 6) is 0.255. The molecule has 0 amide bonds. The van der Waals surface area contributed by atoms with Gasteiger partial charge in [-0.25, -0.2) is 0 Å². The molecule has 1 aromatic rings. The van der Waals surface area contributed by atoms with E-state index in [4.69, 9.17) is 18.8 Å². The maximum Gasteiger partial charge on any atom is 0.495 e. The predicted molar refractivity (Wildman–Crippen MR) is 132 cm³/mol. The zero-order valence-corrected chi connectivity index (χ0v) is 22.4. The SMILES string of the molecule is CC[C@H]1O[C@H](c2cccc(B3OC(C)(C)C(C)(C)O3)c2C)[C@@H](OC(=O)C(C)(C)C)[C@@H](C)[C@@H]1C. The van der Waals surface area contributed by atoms with Crippen LogP contribution >= 0.6 is 0 Å². The molecule has 33 heavy (non-hydrogen) atoms. The Labute approximate surface area is 201 Å². The molecule has 3 rings (SSSR count). The van der Waals surface area contributed by atoms with Crippen LogP contribution in [-0.4, -0.2) is 36.5 Å². The maximum atomic E-state index is 12.9. The molecule has 184 valence electrons. The molecule has 6 heteroatoms. The van der Waals surface area contributed by atoms with Crippen molar-refractivity contribution in [3.63, 3.8) is 0 Å². The third kappa shape index (κ3) is 4.90. The first-order valence-corrected chi connectivity index (χ1v) is 12.4. The average molecular weight is 458 g/mol. The molecular weight excluding hydrogens is 415 g/mol. The minimum absolute atomic E-state index is 0.106. The third-order valence-corrected chi connectivity index (χ3v) is 8.04. The molecule has 1 aromatic carbocycles. The van der Waals surface area contributed by atoms with Gasteiger partial charge in [-0.3, -0.25) is 4.79 Å². The van der Waals surface area contributed by atoms with Crippen molar-refractivity contribution < 1.29 is 23.6 Å². The maximum absolute atomic E-state index is 12.9. The van der Waals surface area contributed by atoms with Crippen molar-refractivity contribution in [1.82, 2.24) is 0 Å². The normalized spacial score (nSPS) is 31.5. The van der Waals surface area contributed by atoms with Crippen molar-refractivity contribution in [2.24, 2.45) is 17.3 Å². The quantitative estimate of drug-likeness (QED) is 0.448. The zero-order chi connectivity index (χ0) is 24.9. The molecule has 0 N–H and O–H groups in total. The van der Waals surface area contributed by atoms with E-state index in [0.717, 1.165) is 23.0 Å². The Balaban J connectivity index is 2.01. The first kappa shape index (κ1) is 26.2. The van der Waals surface area contributed by atoms with Crippen molar-refractivity contribution in [3.05, 3.63) is 29.3 Å². The topological polar surface area (TPSA) is 54.0 Å². The summed E-state index contributed by atoms with van der Waals surface area (Å²) in [5, 5.41) is 0. The molecule has 2 aliphatic heterocycles. The van der Waals surface area contributed by atoms with E-state index in [9.17, 15) is 4.79 Å². The minimum atomic E-state index is -0.575. The first-order valence-electron chi connectivity index (χ1n) is 12.4. The lowest BCUT2D eigenvalue weighted by atomic mass is 9.72. The van der Waals surface area contributed by atoms with Crippen molar-refractivity contribution in [1.29, 1.82) is 0 Å². The van der Waals surface area contributed by atoms with Crippen molar-refractivity contribution in [2.45, 2.75) is 112 Å². The van der Waals surface area contributed by atoms with E-state index in [-0.39, 0.29) is 36.1 Å². The van der Waals surface area contributed by atoms with Crippen LogP contribution in [0.5, 0.6) is 0 Å². The van der Waals surface area contributed by atoms with E-state index in [2.05, 4.69) is 67.5 Å². The van der Waals surface area contributed by atoms with Crippen LogP contribution in [0.3, 0.4) is 0 Å². The molecule has 0 unspecified atom stereocenters. The van der Waals surface area contributed by atoms with Crippen LogP contribution in [0.15, 0.2) is 18.2 Å². The number of rotatable bonds is 4. The first-order chi connectivity index (χ1) is 15.1. The van der Waals surface area contributed by atoms with Crippen LogP contribution in [0.4, 0.5) is 0 Å². The smallest absolute Gasteiger partial charge is 0.459 e. The van der Waals surface area contributed by atoms with E-state index >= 15 is 0 Å². The van der Waals surface area contributed by atoms with Gasteiger partial charge in [-0.1, -0.05) is 39.0 Å². The molecule has 2 fully saturated rings. The van der Waals surface area contributed by atoms with Crippen LogP contribution in [0.1, 0.15) is 92.9 Å². The second-order valence-corrected chi connectivity index (χ2v) is 12.0. The molecular formula is C27H43BO5. The minimum Gasteiger partial charge on any atom is -0.459 e. The molecule has 2 saturated heterocycles.